The molecule has 1 atom stereocenters. The summed E-state index contributed by atoms with van der Waals surface area (Å²) in [6, 6.07) is 12.0. The van der Waals surface area contributed by atoms with Crippen molar-refractivity contribution in [1.82, 2.24) is 4.90 Å². The van der Waals surface area contributed by atoms with Gasteiger partial charge >= 0.3 is 0 Å². The van der Waals surface area contributed by atoms with Crippen molar-refractivity contribution in [3.8, 4) is 5.75 Å². The zero-order valence-corrected chi connectivity index (χ0v) is 15.0. The van der Waals surface area contributed by atoms with E-state index in [1.807, 2.05) is 24.3 Å². The number of carbonyl (C=O) groups excluding carboxylic acids is 1. The largest absolute Gasteiger partial charge is 0.492 e. The van der Waals surface area contributed by atoms with Gasteiger partial charge in [0, 0.05) is 24.0 Å². The molecule has 1 saturated heterocycles. The summed E-state index contributed by atoms with van der Waals surface area (Å²) in [6.45, 7) is 3.94. The number of amides is 1. The van der Waals surface area contributed by atoms with Gasteiger partial charge in [0.1, 0.15) is 24.1 Å². The molecule has 0 bridgehead atoms. The maximum atomic E-state index is 14.0. The lowest BCUT2D eigenvalue weighted by Gasteiger charge is -2.14. The predicted octanol–water partition coefficient (Wildman–Crippen LogP) is 3.74. The highest BCUT2D eigenvalue weighted by atomic mass is 19.1. The van der Waals surface area contributed by atoms with Crippen LogP contribution >= 0.6 is 0 Å². The number of nitrogens with one attached hydrogen (secondary N) is 1. The minimum atomic E-state index is -0.711. The normalized spacial score (nSPS) is 19.4. The fourth-order valence-electron chi connectivity index (χ4n) is 3.53. The lowest BCUT2D eigenvalue weighted by atomic mass is 10.0. The van der Waals surface area contributed by atoms with E-state index in [0.717, 1.165) is 25.4 Å². The van der Waals surface area contributed by atoms with Crippen LogP contribution < -0.4 is 10.1 Å². The van der Waals surface area contributed by atoms with E-state index in [9.17, 15) is 9.18 Å². The second-order valence-electron chi connectivity index (χ2n) is 6.84. The number of ether oxygens (including phenoxy) is 1. The van der Waals surface area contributed by atoms with Gasteiger partial charge in [-0.15, -0.1) is 0 Å². The van der Waals surface area contributed by atoms with E-state index in [2.05, 4.69) is 15.2 Å². The number of rotatable bonds is 6. The number of hydrogen-bond donors (Lipinski definition) is 1. The summed E-state index contributed by atoms with van der Waals surface area (Å²) in [5.74, 6) is -0.578. The number of hydrogen-bond acceptors (Lipinski definition) is 4. The maximum Gasteiger partial charge on any atom is 0.237 e. The zero-order chi connectivity index (χ0) is 18.6. The van der Waals surface area contributed by atoms with Gasteiger partial charge in [-0.3, -0.25) is 14.7 Å². The number of halogens is 1. The van der Waals surface area contributed by atoms with Gasteiger partial charge in [0.2, 0.25) is 5.91 Å². The van der Waals surface area contributed by atoms with Gasteiger partial charge in [-0.05, 0) is 62.3 Å². The summed E-state index contributed by atoms with van der Waals surface area (Å²) >= 11 is 0. The number of nitrogens with zero attached hydrogens (tertiary/aromatic N) is 2. The van der Waals surface area contributed by atoms with Crippen LogP contribution in [0.25, 0.3) is 0 Å². The Morgan fingerprint density at radius 3 is 2.74 bits per heavy atom. The number of aliphatic imine (C=N–C) groups is 1. The molecule has 2 aromatic carbocycles. The van der Waals surface area contributed by atoms with Crippen molar-refractivity contribution >= 4 is 23.5 Å². The molecule has 0 spiro atoms. The standard InChI is InChI=1S/C21H22FN3O2/c22-18-4-3-5-19-20(18)17(21(26)24-19)14-23-15-6-8-16(9-7-15)27-13-12-25-10-1-2-11-25/h3-9,14,17H,1-2,10-13H2,(H,24,26). The topological polar surface area (TPSA) is 53.9 Å². The first-order valence-corrected chi connectivity index (χ1v) is 9.29. The van der Waals surface area contributed by atoms with E-state index < -0.39 is 11.7 Å². The van der Waals surface area contributed by atoms with Gasteiger partial charge in [0.15, 0.2) is 0 Å². The van der Waals surface area contributed by atoms with Crippen LogP contribution in [0.15, 0.2) is 47.5 Å². The second-order valence-corrected chi connectivity index (χ2v) is 6.84. The van der Waals surface area contributed by atoms with Crippen molar-refractivity contribution in [2.24, 2.45) is 4.99 Å². The molecule has 5 nitrogen and oxygen atoms in total. The molecule has 2 aliphatic heterocycles. The Hall–Kier alpha value is -2.73. The molecular formula is C21H22FN3O2. The van der Waals surface area contributed by atoms with Crippen molar-refractivity contribution in [3.63, 3.8) is 0 Å². The fraction of sp³-hybridized carbons (Fsp3) is 0.333. The third-order valence-corrected chi connectivity index (χ3v) is 4.99. The summed E-state index contributed by atoms with van der Waals surface area (Å²) in [7, 11) is 0. The van der Waals surface area contributed by atoms with Gasteiger partial charge in [0.05, 0.1) is 5.69 Å². The molecule has 4 rings (SSSR count). The van der Waals surface area contributed by atoms with Gasteiger partial charge in [-0.2, -0.15) is 0 Å². The van der Waals surface area contributed by atoms with Crippen LogP contribution in [0.2, 0.25) is 0 Å². The molecule has 2 aromatic rings. The third kappa shape index (κ3) is 4.01. The van der Waals surface area contributed by atoms with Crippen LogP contribution in [0.4, 0.5) is 15.8 Å². The average Bonchev–Trinajstić information content (AvgIpc) is 3.29. The second kappa shape index (κ2) is 7.88. The summed E-state index contributed by atoms with van der Waals surface area (Å²) in [5, 5.41) is 2.69. The van der Waals surface area contributed by atoms with E-state index in [1.54, 1.807) is 12.1 Å². The first kappa shape index (κ1) is 17.7. The number of fused-ring (bicyclic) bond motifs is 1. The van der Waals surface area contributed by atoms with Gasteiger partial charge in [-0.1, -0.05) is 6.07 Å². The molecule has 6 heteroatoms. The minimum absolute atomic E-state index is 0.263. The van der Waals surface area contributed by atoms with Gasteiger partial charge in [0.25, 0.3) is 0 Å². The zero-order valence-electron chi connectivity index (χ0n) is 15.0. The Bertz CT molecular complexity index is 845. The third-order valence-electron chi connectivity index (χ3n) is 4.99. The smallest absolute Gasteiger partial charge is 0.237 e. The maximum absolute atomic E-state index is 14.0. The van der Waals surface area contributed by atoms with E-state index >= 15 is 0 Å². The minimum Gasteiger partial charge on any atom is -0.492 e. The fourth-order valence-corrected chi connectivity index (χ4v) is 3.53. The monoisotopic (exact) mass is 367 g/mol. The summed E-state index contributed by atoms with van der Waals surface area (Å²) in [5.41, 5.74) is 1.56. The van der Waals surface area contributed by atoms with Crippen LogP contribution in [0, 0.1) is 5.82 Å². The molecular weight excluding hydrogens is 345 g/mol. The van der Waals surface area contributed by atoms with Crippen LogP contribution in [0.1, 0.15) is 24.3 Å². The molecule has 1 amide bonds. The molecule has 0 radical (unpaired) electrons. The molecule has 27 heavy (non-hydrogen) atoms. The first-order chi connectivity index (χ1) is 13.2. The molecule has 1 fully saturated rings. The molecule has 1 N–H and O–H groups in total. The van der Waals surface area contributed by atoms with Crippen molar-refractivity contribution in [2.45, 2.75) is 18.8 Å². The SMILES string of the molecule is O=C1Nc2cccc(F)c2C1C=Nc1ccc(OCCN2CCCC2)cc1. The highest BCUT2D eigenvalue weighted by Gasteiger charge is 2.31. The molecule has 140 valence electrons. The number of carbonyl (C=O) groups is 1. The lowest BCUT2D eigenvalue weighted by Crippen LogP contribution is -2.25. The Morgan fingerprint density at radius 1 is 1.19 bits per heavy atom. The highest BCUT2D eigenvalue weighted by Crippen LogP contribution is 2.33. The number of likely N-dealkylation sites (tertiary alicyclic amines) is 1. The quantitative estimate of drug-likeness (QED) is 0.792. The van der Waals surface area contributed by atoms with Crippen molar-refractivity contribution in [3.05, 3.63) is 53.8 Å². The first-order valence-electron chi connectivity index (χ1n) is 9.29. The molecule has 0 saturated carbocycles. The predicted molar refractivity (Wildman–Crippen MR) is 104 cm³/mol. The molecule has 1 unspecified atom stereocenters. The van der Waals surface area contributed by atoms with E-state index in [0.29, 0.717) is 23.5 Å². The van der Waals surface area contributed by atoms with Gasteiger partial charge < -0.3 is 10.1 Å². The summed E-state index contributed by atoms with van der Waals surface area (Å²) in [4.78, 5) is 18.8. The Balaban J connectivity index is 1.36. The Labute approximate surface area is 157 Å². The van der Waals surface area contributed by atoms with Crippen LogP contribution in [0.5, 0.6) is 5.75 Å². The molecule has 2 aliphatic rings. The van der Waals surface area contributed by atoms with Crippen molar-refractivity contribution < 1.29 is 13.9 Å². The molecule has 0 aromatic heterocycles. The van der Waals surface area contributed by atoms with Crippen LogP contribution in [-0.4, -0.2) is 43.3 Å². The van der Waals surface area contributed by atoms with E-state index in [-0.39, 0.29) is 5.91 Å². The summed E-state index contributed by atoms with van der Waals surface area (Å²) in [6.07, 6.45) is 4.05. The van der Waals surface area contributed by atoms with Crippen LogP contribution in [0.3, 0.4) is 0 Å². The van der Waals surface area contributed by atoms with Crippen molar-refractivity contribution in [1.29, 1.82) is 0 Å². The highest BCUT2D eigenvalue weighted by molar-refractivity contribution is 6.12. The van der Waals surface area contributed by atoms with Crippen molar-refractivity contribution in [2.75, 3.05) is 31.6 Å². The molecule has 2 heterocycles. The van der Waals surface area contributed by atoms with Gasteiger partial charge in [-0.25, -0.2) is 4.39 Å². The summed E-state index contributed by atoms with van der Waals surface area (Å²) < 4.78 is 19.8. The number of benzene rings is 2. The number of anilines is 1. The molecule has 0 aliphatic carbocycles. The van der Waals surface area contributed by atoms with Crippen LogP contribution in [-0.2, 0) is 4.79 Å². The average molecular weight is 367 g/mol. The Morgan fingerprint density at radius 2 is 1.96 bits per heavy atom. The lowest BCUT2D eigenvalue weighted by molar-refractivity contribution is -0.115. The van der Waals surface area contributed by atoms with E-state index in [4.69, 9.17) is 4.74 Å². The Kier molecular flexibility index (Phi) is 5.16. The van der Waals surface area contributed by atoms with E-state index in [1.165, 1.54) is 25.1 Å².